The Hall–Kier alpha value is -0.830. The summed E-state index contributed by atoms with van der Waals surface area (Å²) in [6.07, 6.45) is 0. The van der Waals surface area contributed by atoms with E-state index in [-0.39, 0.29) is 0 Å². The molecule has 0 radical (unpaired) electrons. The number of aliphatic hydroxyl groups is 1. The van der Waals surface area contributed by atoms with Crippen molar-refractivity contribution in [3.63, 3.8) is 0 Å². The minimum Gasteiger partial charge on any atom is -0.386 e. The van der Waals surface area contributed by atoms with Crippen LogP contribution in [0.15, 0.2) is 0 Å². The summed E-state index contributed by atoms with van der Waals surface area (Å²) in [4.78, 5) is 0. The quantitative estimate of drug-likeness (QED) is 0.685. The molecule has 0 aliphatic carbocycles. The normalized spacial score (nSPS) is 12.2. The fraction of sp³-hybridized carbons (Fsp3) is 0.667. The van der Waals surface area contributed by atoms with Gasteiger partial charge in [0, 0.05) is 18.3 Å². The van der Waals surface area contributed by atoms with Gasteiger partial charge in [0.15, 0.2) is 0 Å². The molecular weight excluding hydrogens is 152 g/mol. The van der Waals surface area contributed by atoms with Crippen molar-refractivity contribution in [2.45, 2.75) is 33.3 Å². The molecule has 0 amide bonds. The Morgan fingerprint density at radius 2 is 1.83 bits per heavy atom. The average Bonchev–Trinajstić information content (AvgIpc) is 2.05. The highest BCUT2D eigenvalue weighted by molar-refractivity contribution is 5.29. The molecule has 0 aliphatic heterocycles. The van der Waals surface area contributed by atoms with Gasteiger partial charge in [0.05, 0.1) is 11.3 Å². The molecule has 0 aromatic carbocycles. The van der Waals surface area contributed by atoms with Gasteiger partial charge in [-0.05, 0) is 27.7 Å². The highest BCUT2D eigenvalue weighted by atomic mass is 16.3. The van der Waals surface area contributed by atoms with Gasteiger partial charge >= 0.3 is 0 Å². The van der Waals surface area contributed by atoms with Gasteiger partial charge < -0.3 is 5.11 Å². The third-order valence-electron chi connectivity index (χ3n) is 2.12. The summed E-state index contributed by atoms with van der Waals surface area (Å²) >= 11 is 0. The number of aryl methyl sites for hydroxylation is 2. The molecule has 68 valence electrons. The lowest BCUT2D eigenvalue weighted by molar-refractivity contribution is 0.0771. The van der Waals surface area contributed by atoms with Crippen molar-refractivity contribution in [3.8, 4) is 0 Å². The van der Waals surface area contributed by atoms with Crippen LogP contribution in [-0.4, -0.2) is 14.9 Å². The molecule has 12 heavy (non-hydrogen) atoms. The second-order valence-electron chi connectivity index (χ2n) is 3.73. The van der Waals surface area contributed by atoms with Gasteiger partial charge in [-0.15, -0.1) is 0 Å². The summed E-state index contributed by atoms with van der Waals surface area (Å²) in [6.45, 7) is 7.45. The number of nitrogens with zero attached hydrogens (tertiary/aromatic N) is 2. The van der Waals surface area contributed by atoms with E-state index in [1.165, 1.54) is 0 Å². The number of rotatable bonds is 1. The predicted molar refractivity (Wildman–Crippen MR) is 47.9 cm³/mol. The topological polar surface area (TPSA) is 38.0 Å². The fourth-order valence-electron chi connectivity index (χ4n) is 1.66. The van der Waals surface area contributed by atoms with Crippen LogP contribution in [-0.2, 0) is 12.6 Å². The molecule has 3 nitrogen and oxygen atoms in total. The summed E-state index contributed by atoms with van der Waals surface area (Å²) < 4.78 is 1.79. The maximum Gasteiger partial charge on any atom is 0.0876 e. The second kappa shape index (κ2) is 2.59. The minimum absolute atomic E-state index is 0.789. The second-order valence-corrected chi connectivity index (χ2v) is 3.73. The SMILES string of the molecule is Cc1nn(C)c(C)c1C(C)(C)O. The zero-order valence-electron chi connectivity index (χ0n) is 8.34. The van der Waals surface area contributed by atoms with E-state index >= 15 is 0 Å². The van der Waals surface area contributed by atoms with Gasteiger partial charge in [0.1, 0.15) is 0 Å². The van der Waals surface area contributed by atoms with Crippen molar-refractivity contribution in [3.05, 3.63) is 17.0 Å². The smallest absolute Gasteiger partial charge is 0.0876 e. The Kier molecular flexibility index (Phi) is 2.00. The van der Waals surface area contributed by atoms with Gasteiger partial charge in [-0.2, -0.15) is 5.10 Å². The first-order chi connectivity index (χ1) is 5.34. The Balaban J connectivity index is 3.32. The van der Waals surface area contributed by atoms with Gasteiger partial charge in [0.25, 0.3) is 0 Å². The first kappa shape index (κ1) is 9.26. The molecule has 1 aromatic rings. The molecule has 0 fully saturated rings. The Bertz CT molecular complexity index is 294. The first-order valence-corrected chi connectivity index (χ1v) is 4.07. The Labute approximate surface area is 73.0 Å². The van der Waals surface area contributed by atoms with Gasteiger partial charge in [0.2, 0.25) is 0 Å². The number of aromatic nitrogens is 2. The highest BCUT2D eigenvalue weighted by Gasteiger charge is 2.24. The first-order valence-electron chi connectivity index (χ1n) is 4.07. The van der Waals surface area contributed by atoms with E-state index in [1.54, 1.807) is 18.5 Å². The number of hydrogen-bond donors (Lipinski definition) is 1. The lowest BCUT2D eigenvalue weighted by Gasteiger charge is -2.17. The molecule has 1 N–H and O–H groups in total. The zero-order valence-corrected chi connectivity index (χ0v) is 8.34. The summed E-state index contributed by atoms with van der Waals surface area (Å²) in [5.74, 6) is 0. The summed E-state index contributed by atoms with van der Waals surface area (Å²) in [6, 6.07) is 0. The molecule has 3 heteroatoms. The third-order valence-corrected chi connectivity index (χ3v) is 2.12. The summed E-state index contributed by atoms with van der Waals surface area (Å²) in [5, 5.41) is 14.0. The lowest BCUT2D eigenvalue weighted by atomic mass is 9.96. The van der Waals surface area contributed by atoms with Crippen molar-refractivity contribution in [1.29, 1.82) is 0 Å². The van der Waals surface area contributed by atoms with Crippen LogP contribution in [0.25, 0.3) is 0 Å². The van der Waals surface area contributed by atoms with Crippen LogP contribution >= 0.6 is 0 Å². The zero-order chi connectivity index (χ0) is 9.52. The Morgan fingerprint density at radius 3 is 2.00 bits per heavy atom. The standard InChI is InChI=1S/C9H16N2O/c1-6-8(9(3,4)12)7(2)11(5)10-6/h12H,1-5H3. The predicted octanol–water partition coefficient (Wildman–Crippen LogP) is 1.26. The van der Waals surface area contributed by atoms with Crippen molar-refractivity contribution in [2.24, 2.45) is 7.05 Å². The maximum absolute atomic E-state index is 9.81. The van der Waals surface area contributed by atoms with Crippen LogP contribution in [0.3, 0.4) is 0 Å². The Morgan fingerprint density at radius 1 is 1.33 bits per heavy atom. The molecule has 0 spiro atoms. The van der Waals surface area contributed by atoms with E-state index in [1.807, 2.05) is 20.9 Å². The lowest BCUT2D eigenvalue weighted by Crippen LogP contribution is -2.17. The molecule has 0 saturated carbocycles. The molecule has 1 heterocycles. The van der Waals surface area contributed by atoms with E-state index < -0.39 is 5.60 Å². The molecular formula is C9H16N2O. The fourth-order valence-corrected chi connectivity index (χ4v) is 1.66. The highest BCUT2D eigenvalue weighted by Crippen LogP contribution is 2.25. The third kappa shape index (κ3) is 1.37. The van der Waals surface area contributed by atoms with Crippen molar-refractivity contribution < 1.29 is 5.11 Å². The van der Waals surface area contributed by atoms with Gasteiger partial charge in [-0.3, -0.25) is 4.68 Å². The van der Waals surface area contributed by atoms with E-state index in [9.17, 15) is 5.11 Å². The van der Waals surface area contributed by atoms with Crippen LogP contribution in [0.5, 0.6) is 0 Å². The molecule has 0 saturated heterocycles. The number of hydrogen-bond acceptors (Lipinski definition) is 2. The van der Waals surface area contributed by atoms with E-state index in [4.69, 9.17) is 0 Å². The maximum atomic E-state index is 9.81. The molecule has 0 aliphatic rings. The minimum atomic E-state index is -0.789. The molecule has 1 rings (SSSR count). The van der Waals surface area contributed by atoms with Crippen LogP contribution in [0.1, 0.15) is 30.8 Å². The van der Waals surface area contributed by atoms with E-state index in [2.05, 4.69) is 5.10 Å². The van der Waals surface area contributed by atoms with Crippen LogP contribution in [0, 0.1) is 13.8 Å². The molecule has 0 bridgehead atoms. The van der Waals surface area contributed by atoms with Crippen LogP contribution in [0.2, 0.25) is 0 Å². The van der Waals surface area contributed by atoms with Crippen LogP contribution in [0.4, 0.5) is 0 Å². The van der Waals surface area contributed by atoms with E-state index in [0.29, 0.717) is 0 Å². The van der Waals surface area contributed by atoms with E-state index in [0.717, 1.165) is 17.0 Å². The van der Waals surface area contributed by atoms with Crippen molar-refractivity contribution >= 4 is 0 Å². The van der Waals surface area contributed by atoms with Gasteiger partial charge in [-0.25, -0.2) is 0 Å². The van der Waals surface area contributed by atoms with Gasteiger partial charge in [-0.1, -0.05) is 0 Å². The van der Waals surface area contributed by atoms with Crippen molar-refractivity contribution in [2.75, 3.05) is 0 Å². The molecule has 0 unspecified atom stereocenters. The summed E-state index contributed by atoms with van der Waals surface area (Å²) in [5.41, 5.74) is 2.08. The monoisotopic (exact) mass is 168 g/mol. The molecule has 0 atom stereocenters. The molecule has 1 aromatic heterocycles. The summed E-state index contributed by atoms with van der Waals surface area (Å²) in [7, 11) is 1.89. The van der Waals surface area contributed by atoms with Crippen LogP contribution < -0.4 is 0 Å². The average molecular weight is 168 g/mol. The van der Waals surface area contributed by atoms with Crippen molar-refractivity contribution in [1.82, 2.24) is 9.78 Å². The largest absolute Gasteiger partial charge is 0.386 e.